The highest BCUT2D eigenvalue weighted by molar-refractivity contribution is 5.94. The molecular formula is C17H30N2O2. The number of hydrogen-bond acceptors (Lipinski definition) is 3. The van der Waals surface area contributed by atoms with E-state index in [1.165, 1.54) is 5.56 Å². The van der Waals surface area contributed by atoms with E-state index in [2.05, 4.69) is 24.1 Å². The molecule has 1 aromatic rings. The Balaban J connectivity index is 0.00000220. The van der Waals surface area contributed by atoms with Crippen molar-refractivity contribution in [2.24, 2.45) is 0 Å². The number of nitrogens with zero attached hydrogens (tertiary/aromatic N) is 1. The Bertz CT molecular complexity index is 429. The maximum Gasteiger partial charge on any atom is 0.251 e. The second kappa shape index (κ2) is 8.80. The van der Waals surface area contributed by atoms with Crippen LogP contribution in [0.1, 0.15) is 44.5 Å². The van der Waals surface area contributed by atoms with E-state index in [1.807, 2.05) is 24.3 Å². The standard InChI is InChI=1S/C16H24N2O2.CH4.H2/c1-13(2)14-3-5-15(6-4-14)16(19)17-7-8-18-9-11-20-12-10-18;;/h3-6,13H,7-12H2,1-2H3,(H,17,19);1H4;1H. The Hall–Kier alpha value is -1.39. The third-order valence-electron chi connectivity index (χ3n) is 3.66. The van der Waals surface area contributed by atoms with Crippen molar-refractivity contribution in [3.8, 4) is 0 Å². The fraction of sp³-hybridized carbons (Fsp3) is 0.588. The molecule has 4 heteroatoms. The topological polar surface area (TPSA) is 41.6 Å². The number of hydrogen-bond donors (Lipinski definition) is 1. The number of amides is 1. The lowest BCUT2D eigenvalue weighted by Crippen LogP contribution is -2.41. The van der Waals surface area contributed by atoms with E-state index in [0.29, 0.717) is 12.5 Å². The van der Waals surface area contributed by atoms with Crippen LogP contribution in [0.5, 0.6) is 0 Å². The monoisotopic (exact) mass is 294 g/mol. The summed E-state index contributed by atoms with van der Waals surface area (Å²) in [7, 11) is 0. The van der Waals surface area contributed by atoms with Gasteiger partial charge in [0.2, 0.25) is 0 Å². The number of ether oxygens (including phenoxy) is 1. The van der Waals surface area contributed by atoms with Gasteiger partial charge in [0.25, 0.3) is 5.91 Å². The van der Waals surface area contributed by atoms with Gasteiger partial charge in [-0.15, -0.1) is 0 Å². The van der Waals surface area contributed by atoms with E-state index in [1.54, 1.807) is 0 Å². The van der Waals surface area contributed by atoms with E-state index in [4.69, 9.17) is 4.74 Å². The van der Waals surface area contributed by atoms with Crippen LogP contribution in [0, 0.1) is 0 Å². The molecular weight excluding hydrogens is 264 g/mol. The fourth-order valence-electron chi connectivity index (χ4n) is 2.27. The number of nitrogens with one attached hydrogen (secondary N) is 1. The predicted molar refractivity (Wildman–Crippen MR) is 89.0 cm³/mol. The summed E-state index contributed by atoms with van der Waals surface area (Å²) in [6.45, 7) is 9.38. The zero-order valence-corrected chi connectivity index (χ0v) is 12.4. The molecule has 4 nitrogen and oxygen atoms in total. The molecule has 21 heavy (non-hydrogen) atoms. The number of benzene rings is 1. The first-order valence-electron chi connectivity index (χ1n) is 7.35. The van der Waals surface area contributed by atoms with Crippen LogP contribution >= 0.6 is 0 Å². The minimum atomic E-state index is 0. The summed E-state index contributed by atoms with van der Waals surface area (Å²) in [5.41, 5.74) is 1.99. The number of carbonyl (C=O) groups is 1. The van der Waals surface area contributed by atoms with Gasteiger partial charge in [-0.3, -0.25) is 9.69 Å². The maximum absolute atomic E-state index is 12.0. The Labute approximate surface area is 130 Å². The van der Waals surface area contributed by atoms with Crippen molar-refractivity contribution >= 4 is 5.91 Å². The molecule has 120 valence electrons. The smallest absolute Gasteiger partial charge is 0.251 e. The van der Waals surface area contributed by atoms with Crippen LogP contribution in [0.3, 0.4) is 0 Å². The molecule has 0 radical (unpaired) electrons. The fourth-order valence-corrected chi connectivity index (χ4v) is 2.27. The first-order valence-corrected chi connectivity index (χ1v) is 7.35. The lowest BCUT2D eigenvalue weighted by Gasteiger charge is -2.26. The third kappa shape index (κ3) is 5.48. The van der Waals surface area contributed by atoms with Gasteiger partial charge in [0, 0.05) is 33.2 Å². The first-order chi connectivity index (χ1) is 9.66. The molecule has 0 bridgehead atoms. The molecule has 0 atom stereocenters. The number of rotatable bonds is 5. The summed E-state index contributed by atoms with van der Waals surface area (Å²) < 4.78 is 5.30. The molecule has 1 saturated heterocycles. The summed E-state index contributed by atoms with van der Waals surface area (Å²) in [5, 5.41) is 2.97. The molecule has 1 fully saturated rings. The minimum Gasteiger partial charge on any atom is -0.379 e. The molecule has 2 rings (SSSR count). The Morgan fingerprint density at radius 2 is 1.90 bits per heavy atom. The quantitative estimate of drug-likeness (QED) is 0.908. The second-order valence-electron chi connectivity index (χ2n) is 5.49. The van der Waals surface area contributed by atoms with Gasteiger partial charge >= 0.3 is 0 Å². The molecule has 0 aromatic heterocycles. The molecule has 1 aliphatic rings. The van der Waals surface area contributed by atoms with Gasteiger partial charge in [0.15, 0.2) is 0 Å². The average Bonchev–Trinajstić information content (AvgIpc) is 2.48. The van der Waals surface area contributed by atoms with Crippen molar-refractivity contribution in [2.75, 3.05) is 39.4 Å². The van der Waals surface area contributed by atoms with Crippen LogP contribution in [0.2, 0.25) is 0 Å². The van der Waals surface area contributed by atoms with Crippen molar-refractivity contribution in [3.05, 3.63) is 35.4 Å². The van der Waals surface area contributed by atoms with E-state index < -0.39 is 0 Å². The van der Waals surface area contributed by atoms with Crippen molar-refractivity contribution in [3.63, 3.8) is 0 Å². The predicted octanol–water partition coefficient (Wildman–Crippen LogP) is 2.75. The van der Waals surface area contributed by atoms with Crippen molar-refractivity contribution in [1.29, 1.82) is 0 Å². The van der Waals surface area contributed by atoms with Crippen LogP contribution < -0.4 is 5.32 Å². The normalized spacial score (nSPS) is 15.6. The van der Waals surface area contributed by atoms with E-state index in [-0.39, 0.29) is 14.8 Å². The van der Waals surface area contributed by atoms with Crippen molar-refractivity contribution in [1.82, 2.24) is 10.2 Å². The summed E-state index contributed by atoms with van der Waals surface area (Å²) in [6, 6.07) is 7.86. The van der Waals surface area contributed by atoms with Gasteiger partial charge in [-0.1, -0.05) is 33.4 Å². The van der Waals surface area contributed by atoms with E-state index in [9.17, 15) is 4.79 Å². The van der Waals surface area contributed by atoms with E-state index in [0.717, 1.165) is 38.4 Å². The van der Waals surface area contributed by atoms with Crippen molar-refractivity contribution < 1.29 is 11.0 Å². The third-order valence-corrected chi connectivity index (χ3v) is 3.66. The van der Waals surface area contributed by atoms with Crippen LogP contribution in [0.25, 0.3) is 0 Å². The van der Waals surface area contributed by atoms with Gasteiger partial charge in [-0.2, -0.15) is 0 Å². The SMILES string of the molecule is C.CC(C)c1ccc(C(=O)NCCN2CCOCC2)cc1.[HH]. The van der Waals surface area contributed by atoms with Crippen LogP contribution in [0.4, 0.5) is 0 Å². The Morgan fingerprint density at radius 1 is 1.29 bits per heavy atom. The van der Waals surface area contributed by atoms with Gasteiger partial charge in [0.05, 0.1) is 13.2 Å². The highest BCUT2D eigenvalue weighted by Crippen LogP contribution is 2.14. The molecule has 1 amide bonds. The highest BCUT2D eigenvalue weighted by Gasteiger charge is 2.11. The molecule has 0 spiro atoms. The largest absolute Gasteiger partial charge is 0.379 e. The number of carbonyl (C=O) groups excluding carboxylic acids is 1. The highest BCUT2D eigenvalue weighted by atomic mass is 16.5. The summed E-state index contributed by atoms with van der Waals surface area (Å²) in [5.74, 6) is 0.502. The molecule has 1 aliphatic heterocycles. The lowest BCUT2D eigenvalue weighted by atomic mass is 10.0. The second-order valence-corrected chi connectivity index (χ2v) is 5.49. The van der Waals surface area contributed by atoms with Gasteiger partial charge in [-0.05, 0) is 23.6 Å². The number of morpholine rings is 1. The van der Waals surface area contributed by atoms with Crippen LogP contribution in [0.15, 0.2) is 24.3 Å². The molecule has 0 unspecified atom stereocenters. The zero-order valence-electron chi connectivity index (χ0n) is 12.4. The van der Waals surface area contributed by atoms with E-state index >= 15 is 0 Å². The molecule has 1 N–H and O–H groups in total. The zero-order chi connectivity index (χ0) is 14.4. The Kier molecular flexibility index (Phi) is 7.40. The molecule has 1 heterocycles. The Morgan fingerprint density at radius 3 is 2.48 bits per heavy atom. The van der Waals surface area contributed by atoms with Gasteiger partial charge < -0.3 is 10.1 Å². The molecule has 0 aliphatic carbocycles. The summed E-state index contributed by atoms with van der Waals surface area (Å²) in [4.78, 5) is 14.3. The molecule has 0 saturated carbocycles. The lowest BCUT2D eigenvalue weighted by molar-refractivity contribution is 0.0383. The summed E-state index contributed by atoms with van der Waals surface area (Å²) >= 11 is 0. The van der Waals surface area contributed by atoms with Crippen molar-refractivity contribution in [2.45, 2.75) is 27.2 Å². The maximum atomic E-state index is 12.0. The minimum absolute atomic E-state index is 0. The van der Waals surface area contributed by atoms with Gasteiger partial charge in [-0.25, -0.2) is 0 Å². The van der Waals surface area contributed by atoms with Crippen LogP contribution in [-0.2, 0) is 4.74 Å². The average molecular weight is 294 g/mol. The van der Waals surface area contributed by atoms with Gasteiger partial charge in [0.1, 0.15) is 0 Å². The summed E-state index contributed by atoms with van der Waals surface area (Å²) in [6.07, 6.45) is 0. The molecule has 1 aromatic carbocycles. The van der Waals surface area contributed by atoms with Crippen LogP contribution in [-0.4, -0.2) is 50.2 Å². The first kappa shape index (κ1) is 17.7.